The summed E-state index contributed by atoms with van der Waals surface area (Å²) in [4.78, 5) is 0. The molecule has 0 bridgehead atoms. The van der Waals surface area contributed by atoms with Crippen molar-refractivity contribution < 1.29 is 58.9 Å². The van der Waals surface area contributed by atoms with E-state index in [1.54, 1.807) is 5.20 Å². The molecule has 5 heteroatoms. The molecule has 0 saturated carbocycles. The van der Waals surface area contributed by atoms with Gasteiger partial charge in [-0.05, 0) is 65.9 Å². The van der Waals surface area contributed by atoms with E-state index in [4.69, 9.17) is 0 Å². The van der Waals surface area contributed by atoms with Gasteiger partial charge in [0.15, 0.2) is 0 Å². The largest absolute Gasteiger partial charge is 4.00 e. The molecule has 3 aromatic carbocycles. The van der Waals surface area contributed by atoms with Gasteiger partial charge in [0.2, 0.25) is 0 Å². The summed E-state index contributed by atoms with van der Waals surface area (Å²) in [6.07, 6.45) is 8.11. The van der Waals surface area contributed by atoms with E-state index < -0.39 is 8.07 Å². The van der Waals surface area contributed by atoms with Gasteiger partial charge in [0.25, 0.3) is 0 Å². The zero-order valence-corrected chi connectivity index (χ0v) is 42.2. The number of allylic oxidation sites excluding steroid dienone is 4. The van der Waals surface area contributed by atoms with Gasteiger partial charge >= 0.3 is 21.7 Å². The van der Waals surface area contributed by atoms with Crippen molar-refractivity contribution in [2.45, 2.75) is 177 Å². The number of hydrogen-bond donors (Lipinski definition) is 0. The van der Waals surface area contributed by atoms with Gasteiger partial charge in [0.05, 0.1) is 8.07 Å². The standard InChI is InChI=1S/C49H71Si.3ClH.Ti/c1-20-33-22-21-23-43(33)50(40-27-34(44(2,3)4)24-35(28-40)45(5,6)7,41-29-36(46(8,9)10)25-37(30-41)47(11,12)13)42-31-38(48(14,15)16)26-39(32-42)49(17,18)19;;;;/h21,24-32H,20,23H2,1-19H3;3*1H;/q-1;;;;+4/p-3. The molecule has 54 heavy (non-hydrogen) atoms. The predicted octanol–water partition coefficient (Wildman–Crippen LogP) is 2.96. The van der Waals surface area contributed by atoms with Crippen molar-refractivity contribution in [3.8, 4) is 0 Å². The third-order valence-corrected chi connectivity index (χ3v) is 15.9. The van der Waals surface area contributed by atoms with Crippen LogP contribution < -0.4 is 52.8 Å². The summed E-state index contributed by atoms with van der Waals surface area (Å²) in [5.74, 6) is 0. The molecule has 0 N–H and O–H groups in total. The summed E-state index contributed by atoms with van der Waals surface area (Å²) in [7, 11) is -2.95. The molecule has 0 unspecified atom stereocenters. The molecule has 0 radical (unpaired) electrons. The van der Waals surface area contributed by atoms with Gasteiger partial charge in [-0.25, -0.2) is 10.8 Å². The smallest absolute Gasteiger partial charge is 1.00 e. The number of hydrogen-bond acceptors (Lipinski definition) is 0. The van der Waals surface area contributed by atoms with E-state index >= 15 is 0 Å². The van der Waals surface area contributed by atoms with E-state index in [0.29, 0.717) is 0 Å². The van der Waals surface area contributed by atoms with E-state index in [1.807, 2.05) is 0 Å². The average Bonchev–Trinajstić information content (AvgIpc) is 3.43. The Kier molecular flexibility index (Phi) is 17.5. The first kappa shape index (κ1) is 52.9. The molecule has 296 valence electrons. The quantitative estimate of drug-likeness (QED) is 0.211. The van der Waals surface area contributed by atoms with Crippen LogP contribution in [0.2, 0.25) is 0 Å². The number of rotatable bonds is 5. The van der Waals surface area contributed by atoms with Gasteiger partial charge in [-0.3, -0.25) is 6.08 Å². The van der Waals surface area contributed by atoms with Crippen molar-refractivity contribution in [1.82, 2.24) is 0 Å². The Bertz CT molecular complexity index is 1530. The minimum atomic E-state index is -2.95. The normalized spacial score (nSPS) is 14.2. The monoisotopic (exact) mass is 840 g/mol. The van der Waals surface area contributed by atoms with Gasteiger partial charge in [-0.15, -0.1) is 0 Å². The van der Waals surface area contributed by atoms with Crippen LogP contribution in [0.15, 0.2) is 71.4 Å². The Labute approximate surface area is 367 Å². The Balaban J connectivity index is 0.00000702. The Morgan fingerprint density at radius 2 is 0.648 bits per heavy atom. The molecule has 0 aliphatic heterocycles. The van der Waals surface area contributed by atoms with E-state index in [-0.39, 0.29) is 91.4 Å². The van der Waals surface area contributed by atoms with Crippen LogP contribution in [-0.2, 0) is 54.2 Å². The minimum absolute atomic E-state index is 0. The third-order valence-electron chi connectivity index (χ3n) is 11.0. The second-order valence-electron chi connectivity index (χ2n) is 21.5. The maximum absolute atomic E-state index is 3.83. The van der Waals surface area contributed by atoms with Crippen LogP contribution in [0.5, 0.6) is 0 Å². The molecule has 1 aliphatic carbocycles. The number of halogens is 3. The van der Waals surface area contributed by atoms with Crippen molar-refractivity contribution in [2.75, 3.05) is 0 Å². The SMILES string of the molecule is CCC1=C([Si](c2cc(C(C)(C)C)cc(C(C)(C)C)c2)(c2cc(C(C)(C)C)cc(C(C)(C)C)c2)c2cc(C(C)(C)C)cc(C(C)(C)C)c2)CC=[C-]1.[Cl-].[Cl-].[Cl-].[Ti+4]. The molecule has 1 aliphatic rings. The Hall–Kier alpha value is -1.06. The fourth-order valence-corrected chi connectivity index (χ4v) is 12.7. The fourth-order valence-electron chi connectivity index (χ4n) is 7.33. The molecular formula is C49H71Cl3SiTi. The molecule has 0 heterocycles. The third kappa shape index (κ3) is 11.1. The van der Waals surface area contributed by atoms with Gasteiger partial charge in [0.1, 0.15) is 0 Å². The maximum atomic E-state index is 3.83. The number of benzene rings is 3. The van der Waals surface area contributed by atoms with Crippen LogP contribution in [0.3, 0.4) is 0 Å². The van der Waals surface area contributed by atoms with Gasteiger partial charge in [0, 0.05) is 0 Å². The summed E-state index contributed by atoms with van der Waals surface area (Å²) < 4.78 is 0. The molecule has 0 atom stereocenters. The van der Waals surface area contributed by atoms with E-state index in [1.165, 1.54) is 54.5 Å². The van der Waals surface area contributed by atoms with Gasteiger partial charge in [-0.1, -0.05) is 215 Å². The average molecular weight is 842 g/mol. The van der Waals surface area contributed by atoms with Crippen molar-refractivity contribution >= 4 is 23.6 Å². The summed E-state index contributed by atoms with van der Waals surface area (Å²) >= 11 is 0. The topological polar surface area (TPSA) is 0 Å². The van der Waals surface area contributed by atoms with Crippen LogP contribution >= 0.6 is 0 Å². The van der Waals surface area contributed by atoms with Crippen molar-refractivity contribution in [3.63, 3.8) is 0 Å². The van der Waals surface area contributed by atoms with E-state index in [0.717, 1.165) is 12.8 Å². The van der Waals surface area contributed by atoms with E-state index in [2.05, 4.69) is 198 Å². The van der Waals surface area contributed by atoms with Crippen molar-refractivity contribution in [1.29, 1.82) is 0 Å². The summed E-state index contributed by atoms with van der Waals surface area (Å²) in [6, 6.07) is 23.4. The summed E-state index contributed by atoms with van der Waals surface area (Å²) in [5.41, 5.74) is 10.0. The Morgan fingerprint density at radius 1 is 0.426 bits per heavy atom. The Morgan fingerprint density at radius 3 is 0.833 bits per heavy atom. The maximum Gasteiger partial charge on any atom is 4.00 e. The minimum Gasteiger partial charge on any atom is -1.00 e. The molecule has 4 rings (SSSR count). The molecule has 0 saturated heterocycles. The molecule has 3 aromatic rings. The van der Waals surface area contributed by atoms with Crippen LogP contribution in [-0.4, -0.2) is 8.07 Å². The molecule has 0 amide bonds. The summed E-state index contributed by atoms with van der Waals surface area (Å²) in [5, 5.41) is 6.17. The van der Waals surface area contributed by atoms with Crippen molar-refractivity contribution in [2.24, 2.45) is 0 Å². The van der Waals surface area contributed by atoms with Gasteiger partial charge < -0.3 is 37.2 Å². The second-order valence-corrected chi connectivity index (χ2v) is 25.3. The first-order chi connectivity index (χ1) is 22.5. The molecule has 0 fully saturated rings. The molecule has 0 spiro atoms. The van der Waals surface area contributed by atoms with Crippen LogP contribution in [0, 0.1) is 6.08 Å². The zero-order chi connectivity index (χ0) is 38.0. The predicted molar refractivity (Wildman–Crippen MR) is 226 cm³/mol. The summed E-state index contributed by atoms with van der Waals surface area (Å²) in [6.45, 7) is 45.3. The first-order valence-electron chi connectivity index (χ1n) is 19.3. The first-order valence-corrected chi connectivity index (χ1v) is 21.3. The fraction of sp³-hybridized carbons (Fsp3) is 0.551. The zero-order valence-electron chi connectivity index (χ0n) is 37.3. The van der Waals surface area contributed by atoms with Crippen LogP contribution in [0.1, 0.15) is 178 Å². The second kappa shape index (κ2) is 17.8. The van der Waals surface area contributed by atoms with Crippen LogP contribution in [0.25, 0.3) is 0 Å². The van der Waals surface area contributed by atoms with Crippen LogP contribution in [0.4, 0.5) is 0 Å². The van der Waals surface area contributed by atoms with Gasteiger partial charge in [-0.2, -0.15) is 6.08 Å². The molecular weight excluding hydrogens is 771 g/mol. The molecule has 0 nitrogen and oxygen atoms in total. The van der Waals surface area contributed by atoms with E-state index in [9.17, 15) is 0 Å². The van der Waals surface area contributed by atoms with Crippen molar-refractivity contribution in [3.05, 3.63) is 111 Å². The molecule has 0 aromatic heterocycles.